The average molecular weight is 231 g/mol. The Hall–Kier alpha value is -1.28. The van der Waals surface area contributed by atoms with Crippen LogP contribution in [-0.4, -0.2) is 11.7 Å². The highest BCUT2D eigenvalue weighted by molar-refractivity contribution is 5.38. The van der Waals surface area contributed by atoms with Gasteiger partial charge < -0.3 is 10.4 Å². The van der Waals surface area contributed by atoms with Gasteiger partial charge in [-0.3, -0.25) is 0 Å². The van der Waals surface area contributed by atoms with E-state index in [9.17, 15) is 5.11 Å². The van der Waals surface area contributed by atoms with E-state index in [0.29, 0.717) is 11.8 Å². The van der Waals surface area contributed by atoms with Crippen LogP contribution in [0, 0.1) is 0 Å². The molecule has 2 N–H and O–H groups in total. The smallest absolute Gasteiger partial charge is 0.115 e. The summed E-state index contributed by atoms with van der Waals surface area (Å²) < 4.78 is 0. The van der Waals surface area contributed by atoms with E-state index in [2.05, 4.69) is 18.0 Å². The van der Waals surface area contributed by atoms with E-state index in [-0.39, 0.29) is 0 Å². The fraction of sp³-hybridized carbons (Fsp3) is 0.467. The monoisotopic (exact) mass is 231 g/mol. The first-order chi connectivity index (χ1) is 8.31. The van der Waals surface area contributed by atoms with Crippen molar-refractivity contribution in [3.63, 3.8) is 0 Å². The zero-order valence-corrected chi connectivity index (χ0v) is 10.3. The first-order valence-electron chi connectivity index (χ1n) is 6.47. The average Bonchev–Trinajstić information content (AvgIpc) is 2.34. The third-order valence-corrected chi connectivity index (χ3v) is 3.42. The molecule has 92 valence electrons. The van der Waals surface area contributed by atoms with Crippen molar-refractivity contribution < 1.29 is 5.11 Å². The minimum atomic E-state index is 0.385. The van der Waals surface area contributed by atoms with Gasteiger partial charge in [0.2, 0.25) is 0 Å². The maximum Gasteiger partial charge on any atom is 0.115 e. The van der Waals surface area contributed by atoms with Crippen LogP contribution in [0.15, 0.2) is 30.9 Å². The normalized spacial score (nSPS) is 18.7. The second kappa shape index (κ2) is 5.87. The molecule has 2 heteroatoms. The van der Waals surface area contributed by atoms with Crippen molar-refractivity contribution in [3.05, 3.63) is 42.0 Å². The molecule has 0 aromatic heterocycles. The molecule has 2 nitrogen and oxygen atoms in total. The quantitative estimate of drug-likeness (QED) is 0.602. The predicted octanol–water partition coefficient (Wildman–Crippen LogP) is 3.33. The molecule has 0 spiro atoms. The van der Waals surface area contributed by atoms with Gasteiger partial charge in [-0.15, -0.1) is 6.58 Å². The van der Waals surface area contributed by atoms with Gasteiger partial charge in [0.15, 0.2) is 0 Å². The number of aryl methyl sites for hydroxylation is 1. The Balaban J connectivity index is 1.99. The van der Waals surface area contributed by atoms with E-state index in [1.165, 1.54) is 24.0 Å². The fourth-order valence-corrected chi connectivity index (χ4v) is 2.54. The van der Waals surface area contributed by atoms with E-state index in [0.717, 1.165) is 25.8 Å². The number of rotatable bonds is 5. The Morgan fingerprint density at radius 1 is 1.47 bits per heavy atom. The molecule has 1 atom stereocenters. The number of unbranched alkanes of at least 4 members (excludes halogenated alkanes) is 1. The minimum absolute atomic E-state index is 0.385. The predicted molar refractivity (Wildman–Crippen MR) is 71.2 cm³/mol. The van der Waals surface area contributed by atoms with Gasteiger partial charge in [0, 0.05) is 6.04 Å². The summed E-state index contributed by atoms with van der Waals surface area (Å²) >= 11 is 0. The largest absolute Gasteiger partial charge is 0.508 e. The lowest BCUT2D eigenvalue weighted by molar-refractivity contribution is 0.448. The molecule has 0 saturated carbocycles. The Morgan fingerprint density at radius 3 is 3.18 bits per heavy atom. The summed E-state index contributed by atoms with van der Waals surface area (Å²) in [7, 11) is 0. The molecule has 0 fully saturated rings. The maximum absolute atomic E-state index is 9.49. The van der Waals surface area contributed by atoms with Crippen molar-refractivity contribution in [2.75, 3.05) is 6.54 Å². The van der Waals surface area contributed by atoms with Crippen LogP contribution in [0.3, 0.4) is 0 Å². The summed E-state index contributed by atoms with van der Waals surface area (Å²) in [6.45, 7) is 4.77. The van der Waals surface area contributed by atoms with E-state index < -0.39 is 0 Å². The highest BCUT2D eigenvalue weighted by Crippen LogP contribution is 2.31. The number of benzene rings is 1. The van der Waals surface area contributed by atoms with Crippen LogP contribution < -0.4 is 5.32 Å². The third kappa shape index (κ3) is 3.10. The summed E-state index contributed by atoms with van der Waals surface area (Å²) in [5.41, 5.74) is 2.67. The zero-order chi connectivity index (χ0) is 12.1. The SMILES string of the molecule is C=CCCCNC1CCCc2cc(O)ccc21. The number of hydrogen-bond donors (Lipinski definition) is 2. The minimum Gasteiger partial charge on any atom is -0.508 e. The van der Waals surface area contributed by atoms with Gasteiger partial charge in [0.25, 0.3) is 0 Å². The van der Waals surface area contributed by atoms with E-state index in [1.54, 1.807) is 6.07 Å². The Labute approximate surface area is 103 Å². The topological polar surface area (TPSA) is 32.3 Å². The summed E-state index contributed by atoms with van der Waals surface area (Å²) in [6, 6.07) is 6.23. The van der Waals surface area contributed by atoms with E-state index in [1.807, 2.05) is 12.1 Å². The van der Waals surface area contributed by atoms with Crippen LogP contribution in [0.4, 0.5) is 0 Å². The summed E-state index contributed by atoms with van der Waals surface area (Å²) in [5, 5.41) is 13.1. The van der Waals surface area contributed by atoms with Crippen molar-refractivity contribution in [3.8, 4) is 5.75 Å². The lowest BCUT2D eigenvalue weighted by atomic mass is 9.87. The first-order valence-corrected chi connectivity index (χ1v) is 6.47. The highest BCUT2D eigenvalue weighted by Gasteiger charge is 2.19. The van der Waals surface area contributed by atoms with E-state index in [4.69, 9.17) is 0 Å². The van der Waals surface area contributed by atoms with Gasteiger partial charge >= 0.3 is 0 Å². The molecule has 0 heterocycles. The molecule has 0 aliphatic heterocycles. The molecule has 0 saturated heterocycles. The number of fused-ring (bicyclic) bond motifs is 1. The van der Waals surface area contributed by atoms with Crippen molar-refractivity contribution >= 4 is 0 Å². The van der Waals surface area contributed by atoms with Crippen LogP contribution in [0.2, 0.25) is 0 Å². The first kappa shape index (κ1) is 12.2. The number of phenolic OH excluding ortho intramolecular Hbond substituents is 1. The van der Waals surface area contributed by atoms with Gasteiger partial charge in [-0.05, 0) is 61.9 Å². The molecule has 1 aliphatic rings. The van der Waals surface area contributed by atoms with Gasteiger partial charge in [0.1, 0.15) is 5.75 Å². The molecule has 17 heavy (non-hydrogen) atoms. The van der Waals surface area contributed by atoms with Crippen LogP contribution in [0.5, 0.6) is 5.75 Å². The molecule has 0 radical (unpaired) electrons. The van der Waals surface area contributed by atoms with Crippen molar-refractivity contribution in [2.24, 2.45) is 0 Å². The summed E-state index contributed by atoms with van der Waals surface area (Å²) in [6.07, 6.45) is 7.68. The lowest BCUT2D eigenvalue weighted by Gasteiger charge is -2.26. The third-order valence-electron chi connectivity index (χ3n) is 3.42. The number of allylic oxidation sites excluding steroid dienone is 1. The Morgan fingerprint density at radius 2 is 2.35 bits per heavy atom. The van der Waals surface area contributed by atoms with Crippen LogP contribution >= 0.6 is 0 Å². The number of hydrogen-bond acceptors (Lipinski definition) is 2. The second-order valence-corrected chi connectivity index (χ2v) is 4.71. The molecule has 0 amide bonds. The second-order valence-electron chi connectivity index (χ2n) is 4.71. The molecule has 1 unspecified atom stereocenters. The van der Waals surface area contributed by atoms with Crippen LogP contribution in [0.25, 0.3) is 0 Å². The molecular weight excluding hydrogens is 210 g/mol. The number of nitrogens with one attached hydrogen (secondary N) is 1. The molecule has 1 aliphatic carbocycles. The van der Waals surface area contributed by atoms with Gasteiger partial charge in [-0.25, -0.2) is 0 Å². The van der Waals surface area contributed by atoms with Crippen LogP contribution in [0.1, 0.15) is 42.9 Å². The maximum atomic E-state index is 9.49. The molecule has 2 rings (SSSR count). The van der Waals surface area contributed by atoms with Gasteiger partial charge in [0.05, 0.1) is 0 Å². The zero-order valence-electron chi connectivity index (χ0n) is 10.3. The standard InChI is InChI=1S/C15H21NO/c1-2-3-4-10-16-15-7-5-6-12-11-13(17)8-9-14(12)15/h2,8-9,11,15-17H,1,3-7,10H2. The summed E-state index contributed by atoms with van der Waals surface area (Å²) in [5.74, 6) is 0.385. The van der Waals surface area contributed by atoms with Crippen molar-refractivity contribution in [2.45, 2.75) is 38.1 Å². The lowest BCUT2D eigenvalue weighted by Crippen LogP contribution is -2.26. The Bertz CT molecular complexity index is 387. The molecule has 1 aromatic carbocycles. The molecule has 0 bridgehead atoms. The van der Waals surface area contributed by atoms with Gasteiger partial charge in [-0.1, -0.05) is 12.1 Å². The molecule has 1 aromatic rings. The van der Waals surface area contributed by atoms with Crippen LogP contribution in [-0.2, 0) is 6.42 Å². The number of aromatic hydroxyl groups is 1. The van der Waals surface area contributed by atoms with Crippen molar-refractivity contribution in [1.29, 1.82) is 0 Å². The Kier molecular flexibility index (Phi) is 4.21. The van der Waals surface area contributed by atoms with Gasteiger partial charge in [-0.2, -0.15) is 0 Å². The summed E-state index contributed by atoms with van der Waals surface area (Å²) in [4.78, 5) is 0. The number of phenols is 1. The highest BCUT2D eigenvalue weighted by atomic mass is 16.3. The van der Waals surface area contributed by atoms with E-state index >= 15 is 0 Å². The molecular formula is C15H21NO. The fourth-order valence-electron chi connectivity index (χ4n) is 2.54. The van der Waals surface area contributed by atoms with Crippen molar-refractivity contribution in [1.82, 2.24) is 5.32 Å².